The second kappa shape index (κ2) is 7.64. The molecule has 0 aliphatic carbocycles. The Balaban J connectivity index is 2.21. The molecule has 27 heavy (non-hydrogen) atoms. The summed E-state index contributed by atoms with van der Waals surface area (Å²) in [5.74, 6) is 0.101. The van der Waals surface area contributed by atoms with Crippen LogP contribution < -0.4 is 0 Å². The first-order valence-electron chi connectivity index (χ1n) is 7.99. The van der Waals surface area contributed by atoms with Crippen LogP contribution in [0.5, 0.6) is 0 Å². The average Bonchev–Trinajstić information content (AvgIpc) is 2.67. The Morgan fingerprint density at radius 1 is 1.07 bits per heavy atom. The number of nitrogens with zero attached hydrogens (tertiary/aromatic N) is 1. The second-order valence-corrected chi connectivity index (χ2v) is 8.47. The maximum absolute atomic E-state index is 11.7. The van der Waals surface area contributed by atoms with Gasteiger partial charge in [-0.2, -0.15) is 0 Å². The molecule has 0 spiro atoms. The van der Waals surface area contributed by atoms with Gasteiger partial charge in [0.25, 0.3) is 0 Å². The molecule has 0 saturated carbocycles. The largest absolute Gasteiger partial charge is 0.472 e. The first-order valence-corrected chi connectivity index (χ1v) is 10.3. The van der Waals surface area contributed by atoms with Gasteiger partial charge < -0.3 is 9.84 Å². The molecule has 0 aromatic heterocycles. The molecule has 0 unspecified atom stereocenters. The van der Waals surface area contributed by atoms with Gasteiger partial charge in [-0.3, -0.25) is 0 Å². The van der Waals surface area contributed by atoms with Crippen molar-refractivity contribution in [3.05, 3.63) is 76.1 Å². The number of allylic oxidation sites excluding steroid dienone is 2. The average molecular weight is 405 g/mol. The Labute approximate surface area is 162 Å². The van der Waals surface area contributed by atoms with E-state index in [0.717, 1.165) is 11.8 Å². The molecule has 3 rings (SSSR count). The molecule has 0 saturated heterocycles. The molecule has 1 heterocycles. The van der Waals surface area contributed by atoms with Gasteiger partial charge >= 0.3 is 0 Å². The van der Waals surface area contributed by atoms with Crippen LogP contribution in [0.2, 0.25) is 5.02 Å². The van der Waals surface area contributed by atoms with Gasteiger partial charge in [0, 0.05) is 16.9 Å². The summed E-state index contributed by atoms with van der Waals surface area (Å²) in [7, 11) is -3.33. The van der Waals surface area contributed by atoms with E-state index < -0.39 is 9.84 Å². The monoisotopic (exact) mass is 404 g/mol. The summed E-state index contributed by atoms with van der Waals surface area (Å²) in [6, 6.07) is 13.3. The number of aliphatic hydroxyl groups is 1. The summed E-state index contributed by atoms with van der Waals surface area (Å²) in [6.07, 6.45) is 1.14. The number of benzene rings is 2. The lowest BCUT2D eigenvalue weighted by Crippen LogP contribution is -2.13. The van der Waals surface area contributed by atoms with Crippen LogP contribution in [0.3, 0.4) is 0 Å². The van der Waals surface area contributed by atoms with Gasteiger partial charge in [-0.1, -0.05) is 35.9 Å². The molecule has 0 radical (unpaired) electrons. The molecule has 0 fully saturated rings. The van der Waals surface area contributed by atoms with Gasteiger partial charge in [-0.15, -0.1) is 5.11 Å². The maximum atomic E-state index is 11.7. The van der Waals surface area contributed by atoms with Crippen molar-refractivity contribution >= 4 is 32.6 Å². The molecule has 2 aromatic carbocycles. The Morgan fingerprint density at radius 2 is 1.63 bits per heavy atom. The third kappa shape index (κ3) is 3.95. The fourth-order valence-corrected chi connectivity index (χ4v) is 3.65. The van der Waals surface area contributed by atoms with Crippen molar-refractivity contribution < 1.29 is 18.3 Å². The molecule has 2 N–H and O–H groups in total. The zero-order valence-electron chi connectivity index (χ0n) is 14.4. The van der Waals surface area contributed by atoms with Crippen molar-refractivity contribution in [3.63, 3.8) is 0 Å². The minimum atomic E-state index is -3.33. The van der Waals surface area contributed by atoms with Crippen molar-refractivity contribution in [2.75, 3.05) is 19.5 Å². The number of nitrogens with one attached hydrogen (secondary N) is 1. The van der Waals surface area contributed by atoms with Crippen LogP contribution in [0.25, 0.3) is 11.1 Å². The molecule has 0 amide bonds. The van der Waals surface area contributed by atoms with Crippen LogP contribution in [0.15, 0.2) is 70.0 Å². The normalized spacial score (nSPS) is 14.9. The Morgan fingerprint density at radius 3 is 2.15 bits per heavy atom. The van der Waals surface area contributed by atoms with Crippen LogP contribution >= 0.6 is 11.6 Å². The van der Waals surface area contributed by atoms with E-state index in [2.05, 4.69) is 5.11 Å². The quantitative estimate of drug-likeness (QED) is 0.737. The summed E-state index contributed by atoms with van der Waals surface area (Å²) in [5, 5.41) is 13.9. The van der Waals surface area contributed by atoms with E-state index in [4.69, 9.17) is 21.9 Å². The highest BCUT2D eigenvalue weighted by Crippen LogP contribution is 2.40. The van der Waals surface area contributed by atoms with E-state index in [1.165, 1.54) is 12.1 Å². The first kappa shape index (κ1) is 19.3. The third-order valence-corrected chi connectivity index (χ3v) is 5.58. The Kier molecular flexibility index (Phi) is 5.46. The lowest BCUT2D eigenvalue weighted by Gasteiger charge is -2.24. The van der Waals surface area contributed by atoms with Gasteiger partial charge in [-0.25, -0.2) is 13.9 Å². The fourth-order valence-electron chi connectivity index (χ4n) is 2.90. The molecule has 0 atom stereocenters. The predicted molar refractivity (Wildman–Crippen MR) is 103 cm³/mol. The van der Waals surface area contributed by atoms with Gasteiger partial charge in [0.05, 0.1) is 17.1 Å². The lowest BCUT2D eigenvalue weighted by molar-refractivity contribution is 0.212. The Hall–Kier alpha value is -2.48. The molecule has 140 valence electrons. The van der Waals surface area contributed by atoms with E-state index in [1.807, 2.05) is 12.1 Å². The van der Waals surface area contributed by atoms with Crippen molar-refractivity contribution in [1.29, 1.82) is 5.53 Å². The van der Waals surface area contributed by atoms with Crippen LogP contribution in [-0.4, -0.2) is 33.0 Å². The maximum Gasteiger partial charge on any atom is 0.241 e. The van der Waals surface area contributed by atoms with Crippen molar-refractivity contribution in [2.45, 2.75) is 4.90 Å². The number of rotatable bonds is 5. The van der Waals surface area contributed by atoms with Crippen LogP contribution in [0, 0.1) is 5.53 Å². The predicted octanol–water partition coefficient (Wildman–Crippen LogP) is 3.92. The fraction of sp³-hybridized carbons (Fsp3) is 0.158. The van der Waals surface area contributed by atoms with E-state index in [1.54, 1.807) is 24.3 Å². The summed E-state index contributed by atoms with van der Waals surface area (Å²) in [5.41, 5.74) is 10.7. The van der Waals surface area contributed by atoms with E-state index in [0.29, 0.717) is 27.3 Å². The molecule has 6 nitrogen and oxygen atoms in total. The zero-order chi connectivity index (χ0) is 19.6. The van der Waals surface area contributed by atoms with Crippen LogP contribution in [0.4, 0.5) is 0 Å². The van der Waals surface area contributed by atoms with Crippen LogP contribution in [-0.2, 0) is 14.6 Å². The van der Waals surface area contributed by atoms with Crippen molar-refractivity contribution in [3.8, 4) is 0 Å². The third-order valence-electron chi connectivity index (χ3n) is 4.20. The van der Waals surface area contributed by atoms with Gasteiger partial charge in [-0.05, 0) is 41.0 Å². The first-order chi connectivity index (χ1) is 12.8. The highest BCUT2D eigenvalue weighted by Gasteiger charge is 2.26. The zero-order valence-corrected chi connectivity index (χ0v) is 16.0. The minimum Gasteiger partial charge on any atom is -0.472 e. The number of sulfone groups is 1. The SMILES string of the molecule is CS(=O)(=O)c1ccc(C2=C(N=N)OCC(CO)=C2c2ccc(Cl)cc2)cc1. The molecule has 1 aliphatic heterocycles. The number of ether oxygens (including phenoxy) is 1. The smallest absolute Gasteiger partial charge is 0.241 e. The molecule has 1 aliphatic rings. The molecule has 2 aromatic rings. The van der Waals surface area contributed by atoms with Crippen LogP contribution in [0.1, 0.15) is 11.1 Å². The molecular weight excluding hydrogens is 388 g/mol. The second-order valence-electron chi connectivity index (χ2n) is 6.02. The van der Waals surface area contributed by atoms with Crippen molar-refractivity contribution in [2.24, 2.45) is 5.11 Å². The van der Waals surface area contributed by atoms with E-state index in [9.17, 15) is 13.5 Å². The molecule has 0 bridgehead atoms. The van der Waals surface area contributed by atoms with E-state index in [-0.39, 0.29) is 24.0 Å². The molecular formula is C19H17ClN2O4S. The number of hydrogen-bond acceptors (Lipinski definition) is 6. The number of aliphatic hydroxyl groups excluding tert-OH is 1. The number of hydrogen-bond donors (Lipinski definition) is 2. The topological polar surface area (TPSA) is 99.8 Å². The highest BCUT2D eigenvalue weighted by molar-refractivity contribution is 7.90. The minimum absolute atomic E-state index is 0.101. The van der Waals surface area contributed by atoms with Crippen molar-refractivity contribution in [1.82, 2.24) is 0 Å². The summed E-state index contributed by atoms with van der Waals surface area (Å²) >= 11 is 5.98. The van der Waals surface area contributed by atoms with Gasteiger partial charge in [0.15, 0.2) is 9.84 Å². The van der Waals surface area contributed by atoms with E-state index >= 15 is 0 Å². The van der Waals surface area contributed by atoms with Gasteiger partial charge in [0.2, 0.25) is 5.88 Å². The summed E-state index contributed by atoms with van der Waals surface area (Å²) < 4.78 is 29.0. The van der Waals surface area contributed by atoms with Gasteiger partial charge in [0.1, 0.15) is 6.61 Å². The number of halogens is 1. The summed E-state index contributed by atoms with van der Waals surface area (Å²) in [4.78, 5) is 0.187. The molecule has 8 heteroatoms. The lowest BCUT2D eigenvalue weighted by atomic mass is 9.88. The Bertz CT molecular complexity index is 1040. The summed E-state index contributed by atoms with van der Waals surface area (Å²) in [6.45, 7) is -0.120. The standard InChI is InChI=1S/C19H17ClN2O4S/c1-27(24,25)16-8-4-13(5-9-16)18-17(12-2-6-15(20)7-3-12)14(10-23)11-26-19(18)22-21/h2-9,21,23H,10-11H2,1H3. The highest BCUT2D eigenvalue weighted by atomic mass is 35.5.